The molecule has 0 saturated carbocycles. The minimum Gasteiger partial charge on any atom is -0.354 e. The van der Waals surface area contributed by atoms with Gasteiger partial charge in [-0.15, -0.1) is 12.4 Å². The molecular weight excluding hydrogens is 327 g/mol. The van der Waals surface area contributed by atoms with Crippen LogP contribution in [0.5, 0.6) is 0 Å². The molecule has 2 aromatic rings. The van der Waals surface area contributed by atoms with E-state index in [0.29, 0.717) is 25.9 Å². The molecule has 0 aliphatic carbocycles. The van der Waals surface area contributed by atoms with E-state index in [-0.39, 0.29) is 24.4 Å². The Morgan fingerprint density at radius 3 is 2.38 bits per heavy atom. The number of hydrogen-bond donors (Lipinski definition) is 2. The van der Waals surface area contributed by atoms with Crippen LogP contribution in [0.3, 0.4) is 0 Å². The van der Waals surface area contributed by atoms with E-state index in [4.69, 9.17) is 0 Å². The molecular formula is C19H22ClFN2O. The zero-order valence-corrected chi connectivity index (χ0v) is 14.2. The van der Waals surface area contributed by atoms with Crippen molar-refractivity contribution < 1.29 is 9.18 Å². The van der Waals surface area contributed by atoms with Gasteiger partial charge in [0.05, 0.1) is 6.42 Å². The van der Waals surface area contributed by atoms with Crippen LogP contribution in [0.25, 0.3) is 11.1 Å². The van der Waals surface area contributed by atoms with Gasteiger partial charge in [0.1, 0.15) is 6.17 Å². The van der Waals surface area contributed by atoms with Gasteiger partial charge in [0, 0.05) is 19.1 Å². The molecule has 1 amide bonds. The van der Waals surface area contributed by atoms with Gasteiger partial charge in [0.2, 0.25) is 5.91 Å². The van der Waals surface area contributed by atoms with Crippen LogP contribution in [0.15, 0.2) is 54.6 Å². The number of benzene rings is 2. The second-order valence-electron chi connectivity index (χ2n) is 5.98. The highest BCUT2D eigenvalue weighted by Crippen LogP contribution is 2.19. The molecule has 2 aromatic carbocycles. The minimum absolute atomic E-state index is 0. The van der Waals surface area contributed by atoms with Crippen molar-refractivity contribution in [2.75, 3.05) is 13.1 Å². The quantitative estimate of drug-likeness (QED) is 0.871. The van der Waals surface area contributed by atoms with E-state index < -0.39 is 6.17 Å². The maximum absolute atomic E-state index is 13.0. The Balaban J connectivity index is 0.00000208. The number of amides is 1. The highest BCUT2D eigenvalue weighted by atomic mass is 35.5. The number of nitrogens with one attached hydrogen (secondary N) is 2. The fourth-order valence-corrected chi connectivity index (χ4v) is 2.86. The van der Waals surface area contributed by atoms with Crippen molar-refractivity contribution in [3.63, 3.8) is 0 Å². The Morgan fingerprint density at radius 1 is 1.08 bits per heavy atom. The predicted octanol–water partition coefficient (Wildman–Crippen LogP) is 3.13. The van der Waals surface area contributed by atoms with Crippen molar-refractivity contribution in [3.05, 3.63) is 60.2 Å². The third-order valence-electron chi connectivity index (χ3n) is 4.14. The number of carbonyl (C=O) groups excluding carboxylic acids is 1. The molecule has 3 nitrogen and oxygen atoms in total. The molecule has 0 unspecified atom stereocenters. The molecule has 2 N–H and O–H groups in total. The Labute approximate surface area is 148 Å². The number of hydrogen-bond acceptors (Lipinski definition) is 2. The van der Waals surface area contributed by atoms with Crippen LogP contribution in [0.2, 0.25) is 0 Å². The molecule has 0 bridgehead atoms. The van der Waals surface area contributed by atoms with Crippen LogP contribution in [0.1, 0.15) is 12.0 Å². The van der Waals surface area contributed by atoms with Crippen LogP contribution in [0.4, 0.5) is 4.39 Å². The Hall–Kier alpha value is -1.91. The zero-order valence-electron chi connectivity index (χ0n) is 13.4. The van der Waals surface area contributed by atoms with E-state index in [1.807, 2.05) is 42.5 Å². The van der Waals surface area contributed by atoms with Crippen molar-refractivity contribution >= 4 is 18.3 Å². The molecule has 128 valence electrons. The third kappa shape index (κ3) is 5.05. The Kier molecular flexibility index (Phi) is 6.76. The fourth-order valence-electron chi connectivity index (χ4n) is 2.86. The van der Waals surface area contributed by atoms with Crippen LogP contribution < -0.4 is 10.6 Å². The van der Waals surface area contributed by atoms with Crippen molar-refractivity contribution in [1.29, 1.82) is 0 Å². The number of rotatable bonds is 5. The zero-order chi connectivity index (χ0) is 16.1. The molecule has 1 fully saturated rings. The van der Waals surface area contributed by atoms with Crippen LogP contribution in [-0.2, 0) is 11.2 Å². The predicted molar refractivity (Wildman–Crippen MR) is 97.1 cm³/mol. The van der Waals surface area contributed by atoms with Crippen LogP contribution in [-0.4, -0.2) is 31.2 Å². The smallest absolute Gasteiger partial charge is 0.224 e. The maximum atomic E-state index is 13.0. The van der Waals surface area contributed by atoms with E-state index >= 15 is 0 Å². The number of halogens is 2. The average Bonchev–Trinajstić information content (AvgIpc) is 3.00. The van der Waals surface area contributed by atoms with Gasteiger partial charge in [-0.1, -0.05) is 54.6 Å². The number of alkyl halides is 1. The summed E-state index contributed by atoms with van der Waals surface area (Å²) in [5.41, 5.74) is 3.28. The lowest BCUT2D eigenvalue weighted by molar-refractivity contribution is -0.120. The first-order valence-electron chi connectivity index (χ1n) is 7.99. The number of carbonyl (C=O) groups is 1. The molecule has 1 heterocycles. The summed E-state index contributed by atoms with van der Waals surface area (Å²) in [5, 5.41) is 5.93. The molecule has 3 rings (SSSR count). The lowest BCUT2D eigenvalue weighted by atomic mass is 10.0. The Bertz CT molecular complexity index is 648. The first-order chi connectivity index (χ1) is 11.2. The first kappa shape index (κ1) is 18.4. The second kappa shape index (κ2) is 8.81. The molecule has 5 heteroatoms. The highest BCUT2D eigenvalue weighted by molar-refractivity contribution is 5.85. The van der Waals surface area contributed by atoms with Crippen molar-refractivity contribution in [2.45, 2.75) is 25.1 Å². The highest BCUT2D eigenvalue weighted by Gasteiger charge is 2.23. The summed E-state index contributed by atoms with van der Waals surface area (Å²) in [5.74, 6) is -0.0263. The molecule has 1 saturated heterocycles. The van der Waals surface area contributed by atoms with Gasteiger partial charge in [-0.05, 0) is 23.1 Å². The van der Waals surface area contributed by atoms with Gasteiger partial charge in [-0.25, -0.2) is 4.39 Å². The van der Waals surface area contributed by atoms with E-state index in [0.717, 1.165) is 16.7 Å². The maximum Gasteiger partial charge on any atom is 0.224 e. The average molecular weight is 349 g/mol. The third-order valence-corrected chi connectivity index (χ3v) is 4.14. The van der Waals surface area contributed by atoms with Crippen molar-refractivity contribution in [1.82, 2.24) is 10.6 Å². The standard InChI is InChI=1S/C19H21FN2O.ClH/c20-17-11-18(21-12-17)13-22-19(23)10-14-6-8-16(9-7-14)15-4-2-1-3-5-15;/h1-9,17-18,21H,10-13H2,(H,22,23);1H/t17-,18-;/m0./s1. The Morgan fingerprint density at radius 2 is 1.75 bits per heavy atom. The monoisotopic (exact) mass is 348 g/mol. The van der Waals surface area contributed by atoms with E-state index in [1.165, 1.54) is 0 Å². The van der Waals surface area contributed by atoms with Crippen molar-refractivity contribution in [3.8, 4) is 11.1 Å². The molecule has 1 aliphatic rings. The minimum atomic E-state index is -0.789. The van der Waals surface area contributed by atoms with Crippen LogP contribution in [0, 0.1) is 0 Å². The second-order valence-corrected chi connectivity index (χ2v) is 5.98. The first-order valence-corrected chi connectivity index (χ1v) is 7.99. The lowest BCUT2D eigenvalue weighted by Crippen LogP contribution is -2.37. The molecule has 2 atom stereocenters. The van der Waals surface area contributed by atoms with Gasteiger partial charge in [-0.3, -0.25) is 4.79 Å². The summed E-state index contributed by atoms with van der Waals surface area (Å²) in [7, 11) is 0. The van der Waals surface area contributed by atoms with E-state index in [2.05, 4.69) is 22.8 Å². The van der Waals surface area contributed by atoms with Gasteiger partial charge in [-0.2, -0.15) is 0 Å². The summed E-state index contributed by atoms with van der Waals surface area (Å²) in [6.45, 7) is 0.878. The van der Waals surface area contributed by atoms with Gasteiger partial charge in [0.25, 0.3) is 0 Å². The van der Waals surface area contributed by atoms with Gasteiger partial charge < -0.3 is 10.6 Å². The molecule has 0 spiro atoms. The molecule has 24 heavy (non-hydrogen) atoms. The summed E-state index contributed by atoms with van der Waals surface area (Å²) >= 11 is 0. The largest absolute Gasteiger partial charge is 0.354 e. The molecule has 0 radical (unpaired) electrons. The van der Waals surface area contributed by atoms with Crippen molar-refractivity contribution in [2.24, 2.45) is 0 Å². The summed E-state index contributed by atoms with van der Waals surface area (Å²) in [6.07, 6.45) is 0.0369. The SMILES string of the molecule is Cl.O=C(Cc1ccc(-c2ccccc2)cc1)NC[C@@H]1C[C@H](F)CN1. The summed E-state index contributed by atoms with van der Waals surface area (Å²) in [4.78, 5) is 12.0. The molecule has 0 aromatic heterocycles. The summed E-state index contributed by atoms with van der Waals surface area (Å²) < 4.78 is 13.0. The van der Waals surface area contributed by atoms with E-state index in [1.54, 1.807) is 0 Å². The fraction of sp³-hybridized carbons (Fsp3) is 0.316. The van der Waals surface area contributed by atoms with Gasteiger partial charge in [0.15, 0.2) is 0 Å². The van der Waals surface area contributed by atoms with Crippen LogP contribution >= 0.6 is 12.4 Å². The van der Waals surface area contributed by atoms with E-state index in [9.17, 15) is 9.18 Å². The lowest BCUT2D eigenvalue weighted by Gasteiger charge is -2.11. The normalized spacial score (nSPS) is 19.5. The molecule has 1 aliphatic heterocycles. The topological polar surface area (TPSA) is 41.1 Å². The van der Waals surface area contributed by atoms with Gasteiger partial charge >= 0.3 is 0 Å². The summed E-state index contributed by atoms with van der Waals surface area (Å²) in [6, 6.07) is 18.2.